The zero-order valence-electron chi connectivity index (χ0n) is 17.3. The molecule has 0 spiro atoms. The molecule has 0 aliphatic carbocycles. The number of hydrogen-bond donors (Lipinski definition) is 1. The monoisotopic (exact) mass is 392 g/mol. The van der Waals surface area contributed by atoms with Gasteiger partial charge in [-0.15, -0.1) is 0 Å². The average Bonchev–Trinajstić information content (AvgIpc) is 2.75. The van der Waals surface area contributed by atoms with Crippen molar-refractivity contribution in [3.05, 3.63) is 65.2 Å². The molecule has 0 bridgehead atoms. The van der Waals surface area contributed by atoms with E-state index in [9.17, 15) is 10.1 Å². The minimum atomic E-state index is -0.420. The summed E-state index contributed by atoms with van der Waals surface area (Å²) in [6.07, 6.45) is 3.32. The van der Waals surface area contributed by atoms with Crippen molar-refractivity contribution in [1.82, 2.24) is 5.32 Å². The molecule has 0 saturated carbocycles. The van der Waals surface area contributed by atoms with Gasteiger partial charge in [-0.3, -0.25) is 4.79 Å². The summed E-state index contributed by atoms with van der Waals surface area (Å²) < 4.78 is 11.5. The number of rotatable bonds is 10. The molecule has 0 radical (unpaired) electrons. The molecule has 0 saturated heterocycles. The van der Waals surface area contributed by atoms with E-state index in [4.69, 9.17) is 9.47 Å². The maximum absolute atomic E-state index is 12.6. The average molecular weight is 392 g/mol. The van der Waals surface area contributed by atoms with Gasteiger partial charge in [0.15, 0.2) is 0 Å². The van der Waals surface area contributed by atoms with E-state index in [-0.39, 0.29) is 11.6 Å². The highest BCUT2D eigenvalue weighted by Gasteiger charge is 2.15. The number of nitrogens with one attached hydrogen (secondary N) is 1. The molecule has 0 heterocycles. The summed E-state index contributed by atoms with van der Waals surface area (Å²) in [4.78, 5) is 12.6. The van der Waals surface area contributed by atoms with Gasteiger partial charge in [0.05, 0.1) is 19.3 Å². The van der Waals surface area contributed by atoms with Crippen LogP contribution in [0.3, 0.4) is 0 Å². The Morgan fingerprint density at radius 2 is 1.79 bits per heavy atom. The van der Waals surface area contributed by atoms with Gasteiger partial charge in [-0.05, 0) is 43.5 Å². The van der Waals surface area contributed by atoms with Crippen molar-refractivity contribution in [2.75, 3.05) is 13.2 Å². The predicted octanol–water partition coefficient (Wildman–Crippen LogP) is 5.05. The lowest BCUT2D eigenvalue weighted by Gasteiger charge is -2.14. The van der Waals surface area contributed by atoms with Crippen molar-refractivity contribution in [2.24, 2.45) is 0 Å². The van der Waals surface area contributed by atoms with E-state index in [0.717, 1.165) is 18.4 Å². The molecule has 5 heteroatoms. The summed E-state index contributed by atoms with van der Waals surface area (Å²) in [7, 11) is 0. The van der Waals surface area contributed by atoms with Crippen molar-refractivity contribution < 1.29 is 14.3 Å². The Hall–Kier alpha value is -3.26. The van der Waals surface area contributed by atoms with E-state index in [1.165, 1.54) is 0 Å². The minimum absolute atomic E-state index is 0.0244. The fourth-order valence-electron chi connectivity index (χ4n) is 2.68. The van der Waals surface area contributed by atoms with Gasteiger partial charge in [0.2, 0.25) is 0 Å². The number of nitrogens with zero attached hydrogens (tertiary/aromatic N) is 1. The van der Waals surface area contributed by atoms with Crippen molar-refractivity contribution in [1.29, 1.82) is 5.26 Å². The van der Waals surface area contributed by atoms with Crippen LogP contribution in [0.15, 0.2) is 54.1 Å². The number of benzene rings is 2. The zero-order chi connectivity index (χ0) is 21.1. The lowest BCUT2D eigenvalue weighted by molar-refractivity contribution is -0.117. The normalized spacial score (nSPS) is 12.0. The molecule has 1 N–H and O–H groups in total. The highest BCUT2D eigenvalue weighted by atomic mass is 16.5. The van der Waals surface area contributed by atoms with Gasteiger partial charge >= 0.3 is 0 Å². The van der Waals surface area contributed by atoms with Crippen LogP contribution in [0.25, 0.3) is 6.08 Å². The summed E-state index contributed by atoms with van der Waals surface area (Å²) in [5.41, 5.74) is 1.67. The molecule has 29 heavy (non-hydrogen) atoms. The first-order chi connectivity index (χ1) is 14.1. The van der Waals surface area contributed by atoms with Crippen molar-refractivity contribution in [3.8, 4) is 17.6 Å². The van der Waals surface area contributed by atoms with Crippen LogP contribution >= 0.6 is 0 Å². The molecule has 5 nitrogen and oxygen atoms in total. The molecule has 2 aromatic rings. The van der Waals surface area contributed by atoms with Crippen molar-refractivity contribution in [3.63, 3.8) is 0 Å². The maximum atomic E-state index is 12.6. The largest absolute Gasteiger partial charge is 0.493 e. The fraction of sp³-hybridized carbons (Fsp3) is 0.333. The molecule has 152 valence electrons. The maximum Gasteiger partial charge on any atom is 0.262 e. The fourth-order valence-corrected chi connectivity index (χ4v) is 2.68. The predicted molar refractivity (Wildman–Crippen MR) is 115 cm³/mol. The van der Waals surface area contributed by atoms with Crippen LogP contribution in [0.1, 0.15) is 50.8 Å². The highest BCUT2D eigenvalue weighted by Crippen LogP contribution is 2.27. The summed E-state index contributed by atoms with van der Waals surface area (Å²) in [5, 5.41) is 12.4. The Morgan fingerprint density at radius 3 is 2.45 bits per heavy atom. The Labute approximate surface area is 173 Å². The van der Waals surface area contributed by atoms with Gasteiger partial charge in [-0.2, -0.15) is 5.26 Å². The first-order valence-electron chi connectivity index (χ1n) is 9.96. The summed E-state index contributed by atoms with van der Waals surface area (Å²) >= 11 is 0. The SMILES string of the molecule is CCCOc1ccc(/C=C(\C#N)C(=O)NC(C)c2ccccc2)c(OCCC)c1. The lowest BCUT2D eigenvalue weighted by Crippen LogP contribution is -2.27. The third-order valence-corrected chi connectivity index (χ3v) is 4.23. The molecule has 2 aromatic carbocycles. The van der Waals surface area contributed by atoms with E-state index in [2.05, 4.69) is 5.32 Å². The van der Waals surface area contributed by atoms with E-state index >= 15 is 0 Å². The number of carbonyl (C=O) groups is 1. The molecule has 1 atom stereocenters. The number of hydrogen-bond acceptors (Lipinski definition) is 4. The summed E-state index contributed by atoms with van der Waals surface area (Å²) in [5.74, 6) is 0.879. The quantitative estimate of drug-likeness (QED) is 0.454. The molecule has 0 aliphatic rings. The first kappa shape index (κ1) is 22.0. The molecular formula is C24H28N2O3. The Morgan fingerprint density at radius 1 is 1.10 bits per heavy atom. The smallest absolute Gasteiger partial charge is 0.262 e. The van der Waals surface area contributed by atoms with E-state index in [1.54, 1.807) is 18.2 Å². The van der Waals surface area contributed by atoms with Crippen LogP contribution in [0.2, 0.25) is 0 Å². The highest BCUT2D eigenvalue weighted by molar-refractivity contribution is 6.02. The second-order valence-corrected chi connectivity index (χ2v) is 6.67. The van der Waals surface area contributed by atoms with Gasteiger partial charge in [0, 0.05) is 11.6 Å². The third-order valence-electron chi connectivity index (χ3n) is 4.23. The Balaban J connectivity index is 2.23. The molecule has 0 aromatic heterocycles. The van der Waals surface area contributed by atoms with Crippen LogP contribution in [0.5, 0.6) is 11.5 Å². The Kier molecular flexibility index (Phi) is 8.78. The van der Waals surface area contributed by atoms with Gasteiger partial charge in [-0.25, -0.2) is 0 Å². The first-order valence-corrected chi connectivity index (χ1v) is 9.96. The number of amides is 1. The number of carbonyl (C=O) groups excluding carboxylic acids is 1. The second-order valence-electron chi connectivity index (χ2n) is 6.67. The number of nitriles is 1. The van der Waals surface area contributed by atoms with Crippen LogP contribution in [0, 0.1) is 11.3 Å². The standard InChI is InChI=1S/C24H28N2O3/c1-4-13-28-22-12-11-20(23(16-22)29-14-5-2)15-21(17-25)24(27)26-18(3)19-9-7-6-8-10-19/h6-12,15-16,18H,4-5,13-14H2,1-3H3,(H,26,27)/b21-15+. The molecule has 1 amide bonds. The van der Waals surface area contributed by atoms with Gasteiger partial charge < -0.3 is 14.8 Å². The van der Waals surface area contributed by atoms with E-state index in [1.807, 2.05) is 63.2 Å². The van der Waals surface area contributed by atoms with Crippen molar-refractivity contribution >= 4 is 12.0 Å². The zero-order valence-corrected chi connectivity index (χ0v) is 17.3. The molecule has 1 unspecified atom stereocenters. The molecule has 0 fully saturated rings. The van der Waals surface area contributed by atoms with Gasteiger partial charge in [0.25, 0.3) is 5.91 Å². The summed E-state index contributed by atoms with van der Waals surface area (Å²) in [6, 6.07) is 16.8. The topological polar surface area (TPSA) is 71.3 Å². The summed E-state index contributed by atoms with van der Waals surface area (Å²) in [6.45, 7) is 7.10. The van der Waals surface area contributed by atoms with Crippen molar-refractivity contribution in [2.45, 2.75) is 39.7 Å². The number of ether oxygens (including phenoxy) is 2. The third kappa shape index (κ3) is 6.69. The Bertz CT molecular complexity index is 869. The molecular weight excluding hydrogens is 364 g/mol. The van der Waals surface area contributed by atoms with E-state index in [0.29, 0.717) is 30.3 Å². The van der Waals surface area contributed by atoms with Crippen LogP contribution in [0.4, 0.5) is 0 Å². The van der Waals surface area contributed by atoms with E-state index < -0.39 is 5.91 Å². The van der Waals surface area contributed by atoms with Crippen LogP contribution < -0.4 is 14.8 Å². The van der Waals surface area contributed by atoms with Gasteiger partial charge in [-0.1, -0.05) is 44.2 Å². The molecule has 0 aliphatic heterocycles. The minimum Gasteiger partial charge on any atom is -0.493 e. The lowest BCUT2D eigenvalue weighted by atomic mass is 10.1. The van der Waals surface area contributed by atoms with Gasteiger partial charge in [0.1, 0.15) is 23.1 Å². The van der Waals surface area contributed by atoms with Crippen LogP contribution in [-0.4, -0.2) is 19.1 Å². The molecule has 2 rings (SSSR count). The van der Waals surface area contributed by atoms with Crippen LogP contribution in [-0.2, 0) is 4.79 Å². The second kappa shape index (κ2) is 11.6.